The Morgan fingerprint density at radius 3 is 2.76 bits per heavy atom. The smallest absolute Gasteiger partial charge is 0.268 e. The lowest BCUT2D eigenvalue weighted by Crippen LogP contribution is -2.33. The van der Waals surface area contributed by atoms with Crippen LogP contribution in [-0.2, 0) is 0 Å². The van der Waals surface area contributed by atoms with E-state index in [1.807, 2.05) is 18.3 Å². The van der Waals surface area contributed by atoms with E-state index in [0.717, 1.165) is 44.5 Å². The summed E-state index contributed by atoms with van der Waals surface area (Å²) in [5.74, 6) is 0.0935. The second-order valence-corrected chi connectivity index (χ2v) is 5.03. The molecule has 1 aromatic rings. The Hall–Kier alpha value is -1.29. The molecule has 1 saturated heterocycles. The van der Waals surface area contributed by atoms with Crippen molar-refractivity contribution >= 4 is 5.91 Å². The summed E-state index contributed by atoms with van der Waals surface area (Å²) in [5, 5.41) is 6.41. The number of amides is 1. The second-order valence-electron chi connectivity index (χ2n) is 5.03. The lowest BCUT2D eigenvalue weighted by atomic mass is 10.1. The number of nitrogens with zero attached hydrogens (tertiary/aromatic N) is 1. The van der Waals surface area contributed by atoms with Crippen molar-refractivity contribution in [1.29, 1.82) is 0 Å². The van der Waals surface area contributed by atoms with Crippen molar-refractivity contribution < 1.29 is 4.79 Å². The first-order valence-corrected chi connectivity index (χ1v) is 6.53. The third-order valence-corrected chi connectivity index (χ3v) is 3.63. The van der Waals surface area contributed by atoms with Crippen molar-refractivity contribution in [3.05, 3.63) is 24.0 Å². The molecule has 0 aromatic carbocycles. The van der Waals surface area contributed by atoms with E-state index in [0.29, 0.717) is 12.1 Å². The lowest BCUT2D eigenvalue weighted by molar-refractivity contribution is 0.0938. The van der Waals surface area contributed by atoms with Crippen LogP contribution in [0.5, 0.6) is 0 Å². The van der Waals surface area contributed by atoms with Gasteiger partial charge in [-0.05, 0) is 50.9 Å². The summed E-state index contributed by atoms with van der Waals surface area (Å²) >= 11 is 0. The molecule has 92 valence electrons. The number of aromatic nitrogens is 1. The van der Waals surface area contributed by atoms with Gasteiger partial charge in [0.25, 0.3) is 5.91 Å². The maximum absolute atomic E-state index is 12.1. The number of hydrogen-bond donors (Lipinski definition) is 2. The highest BCUT2D eigenvalue weighted by atomic mass is 16.2. The zero-order chi connectivity index (χ0) is 11.7. The van der Waals surface area contributed by atoms with E-state index < -0.39 is 0 Å². The fraction of sp³-hybridized carbons (Fsp3) is 0.615. The average molecular weight is 233 g/mol. The number of carbonyl (C=O) groups is 1. The number of rotatable bonds is 3. The molecule has 0 spiro atoms. The monoisotopic (exact) mass is 233 g/mol. The Balaban J connectivity index is 1.74. The predicted molar refractivity (Wildman–Crippen MR) is 66.1 cm³/mol. The first-order chi connectivity index (χ1) is 8.34. The lowest BCUT2D eigenvalue weighted by Gasteiger charge is -2.25. The molecule has 0 unspecified atom stereocenters. The molecular formula is C13H19N3O. The van der Waals surface area contributed by atoms with Crippen molar-refractivity contribution in [3.63, 3.8) is 0 Å². The zero-order valence-electron chi connectivity index (χ0n) is 9.98. The van der Waals surface area contributed by atoms with E-state index in [9.17, 15) is 4.79 Å². The summed E-state index contributed by atoms with van der Waals surface area (Å²) in [4.78, 5) is 12.1. The summed E-state index contributed by atoms with van der Waals surface area (Å²) in [6, 6.07) is 4.81. The van der Waals surface area contributed by atoms with Gasteiger partial charge in [-0.15, -0.1) is 0 Å². The summed E-state index contributed by atoms with van der Waals surface area (Å²) in [5.41, 5.74) is 0.823. The van der Waals surface area contributed by atoms with Gasteiger partial charge < -0.3 is 15.2 Å². The van der Waals surface area contributed by atoms with Crippen LogP contribution in [0.25, 0.3) is 0 Å². The maximum Gasteiger partial charge on any atom is 0.268 e. The van der Waals surface area contributed by atoms with Crippen molar-refractivity contribution in [2.24, 2.45) is 0 Å². The first kappa shape index (κ1) is 10.8. The summed E-state index contributed by atoms with van der Waals surface area (Å²) in [6.45, 7) is 2.10. The summed E-state index contributed by atoms with van der Waals surface area (Å²) < 4.78 is 2.15. The van der Waals surface area contributed by atoms with Crippen LogP contribution in [-0.4, -0.2) is 29.6 Å². The Bertz CT molecular complexity index is 403. The molecule has 2 fully saturated rings. The van der Waals surface area contributed by atoms with Gasteiger partial charge in [-0.3, -0.25) is 4.79 Å². The molecule has 0 atom stereocenters. The largest absolute Gasteiger partial charge is 0.348 e. The minimum Gasteiger partial charge on any atom is -0.348 e. The standard InChI is InChI=1S/C13H19N3O/c17-13(15-10-3-4-10)12-2-1-9-16(12)11-5-7-14-8-6-11/h1-2,9-11,14H,3-8H2,(H,15,17). The topological polar surface area (TPSA) is 46.1 Å². The van der Waals surface area contributed by atoms with Crippen LogP contribution in [0, 0.1) is 0 Å². The van der Waals surface area contributed by atoms with Crippen LogP contribution in [0.15, 0.2) is 18.3 Å². The van der Waals surface area contributed by atoms with Crippen LogP contribution >= 0.6 is 0 Å². The normalized spacial score (nSPS) is 21.4. The van der Waals surface area contributed by atoms with Crippen molar-refractivity contribution in [1.82, 2.24) is 15.2 Å². The van der Waals surface area contributed by atoms with Gasteiger partial charge in [-0.2, -0.15) is 0 Å². The minimum atomic E-state index is 0.0935. The maximum atomic E-state index is 12.1. The minimum absolute atomic E-state index is 0.0935. The van der Waals surface area contributed by atoms with Crippen molar-refractivity contribution in [3.8, 4) is 0 Å². The molecule has 3 rings (SSSR count). The third kappa shape index (κ3) is 2.36. The van der Waals surface area contributed by atoms with E-state index in [4.69, 9.17) is 0 Å². The van der Waals surface area contributed by atoms with Gasteiger partial charge >= 0.3 is 0 Å². The van der Waals surface area contributed by atoms with Crippen LogP contribution in [0.3, 0.4) is 0 Å². The van der Waals surface area contributed by atoms with Gasteiger partial charge in [-0.25, -0.2) is 0 Å². The van der Waals surface area contributed by atoms with Gasteiger partial charge in [0, 0.05) is 18.3 Å². The Kier molecular flexibility index (Phi) is 2.89. The highest BCUT2D eigenvalue weighted by Crippen LogP contribution is 2.23. The Morgan fingerprint density at radius 2 is 2.06 bits per heavy atom. The fourth-order valence-electron chi connectivity index (χ4n) is 2.48. The number of nitrogens with one attached hydrogen (secondary N) is 2. The molecule has 2 aliphatic rings. The number of hydrogen-bond acceptors (Lipinski definition) is 2. The van der Waals surface area contributed by atoms with Gasteiger partial charge in [-0.1, -0.05) is 0 Å². The molecule has 4 heteroatoms. The molecule has 1 aliphatic carbocycles. The summed E-state index contributed by atoms with van der Waals surface area (Å²) in [6.07, 6.45) is 6.54. The molecule has 1 saturated carbocycles. The van der Waals surface area contributed by atoms with Crippen LogP contribution < -0.4 is 10.6 Å². The van der Waals surface area contributed by atoms with Crippen LogP contribution in [0.1, 0.15) is 42.2 Å². The Labute approximate surface area is 101 Å². The summed E-state index contributed by atoms with van der Waals surface area (Å²) in [7, 11) is 0. The molecular weight excluding hydrogens is 214 g/mol. The zero-order valence-corrected chi connectivity index (χ0v) is 9.98. The second kappa shape index (κ2) is 4.53. The van der Waals surface area contributed by atoms with Gasteiger partial charge in [0.05, 0.1) is 0 Å². The highest BCUT2D eigenvalue weighted by molar-refractivity contribution is 5.93. The Morgan fingerprint density at radius 1 is 1.29 bits per heavy atom. The highest BCUT2D eigenvalue weighted by Gasteiger charge is 2.26. The molecule has 1 aliphatic heterocycles. The van der Waals surface area contributed by atoms with E-state index >= 15 is 0 Å². The molecule has 2 heterocycles. The van der Waals surface area contributed by atoms with E-state index in [-0.39, 0.29) is 5.91 Å². The quantitative estimate of drug-likeness (QED) is 0.826. The van der Waals surface area contributed by atoms with E-state index in [1.165, 1.54) is 0 Å². The van der Waals surface area contributed by atoms with Crippen LogP contribution in [0.2, 0.25) is 0 Å². The fourth-order valence-corrected chi connectivity index (χ4v) is 2.48. The number of piperidine rings is 1. The van der Waals surface area contributed by atoms with Gasteiger partial charge in [0.15, 0.2) is 0 Å². The van der Waals surface area contributed by atoms with Crippen molar-refractivity contribution in [2.75, 3.05) is 13.1 Å². The molecule has 2 N–H and O–H groups in total. The SMILES string of the molecule is O=C(NC1CC1)c1cccn1C1CCNCC1. The van der Waals surface area contributed by atoms with Crippen LogP contribution in [0.4, 0.5) is 0 Å². The van der Waals surface area contributed by atoms with E-state index in [2.05, 4.69) is 15.2 Å². The third-order valence-electron chi connectivity index (χ3n) is 3.63. The van der Waals surface area contributed by atoms with Gasteiger partial charge in [0.1, 0.15) is 5.69 Å². The van der Waals surface area contributed by atoms with E-state index in [1.54, 1.807) is 0 Å². The molecule has 0 radical (unpaired) electrons. The number of carbonyl (C=O) groups excluding carboxylic acids is 1. The first-order valence-electron chi connectivity index (χ1n) is 6.53. The molecule has 4 nitrogen and oxygen atoms in total. The molecule has 1 amide bonds. The predicted octanol–water partition coefficient (Wildman–Crippen LogP) is 1.30. The van der Waals surface area contributed by atoms with Gasteiger partial charge in [0.2, 0.25) is 0 Å². The average Bonchev–Trinajstić information content (AvgIpc) is 3.04. The molecule has 0 bridgehead atoms. The van der Waals surface area contributed by atoms with Crippen molar-refractivity contribution in [2.45, 2.75) is 37.8 Å². The molecule has 17 heavy (non-hydrogen) atoms. The molecule has 1 aromatic heterocycles.